The van der Waals surface area contributed by atoms with Crippen LogP contribution in [0.5, 0.6) is 0 Å². The average Bonchev–Trinajstić information content (AvgIpc) is 2.61. The summed E-state index contributed by atoms with van der Waals surface area (Å²) in [6, 6.07) is 0. The summed E-state index contributed by atoms with van der Waals surface area (Å²) in [4.78, 5) is 47.8. The van der Waals surface area contributed by atoms with Crippen LogP contribution in [0.25, 0.3) is 0 Å². The molecule has 0 radical (unpaired) electrons. The quantitative estimate of drug-likeness (QED) is 0.341. The Morgan fingerprint density at radius 2 is 1.62 bits per heavy atom. The van der Waals surface area contributed by atoms with E-state index in [0.29, 0.717) is 12.8 Å². The van der Waals surface area contributed by atoms with Crippen molar-refractivity contribution in [3.63, 3.8) is 0 Å². The lowest BCUT2D eigenvalue weighted by Gasteiger charge is -2.28. The van der Waals surface area contributed by atoms with Crippen molar-refractivity contribution in [1.29, 1.82) is 0 Å². The fourth-order valence-corrected chi connectivity index (χ4v) is 2.34. The molecule has 0 saturated carbocycles. The van der Waals surface area contributed by atoms with Gasteiger partial charge in [-0.2, -0.15) is 0 Å². The zero-order valence-corrected chi connectivity index (χ0v) is 14.9. The van der Waals surface area contributed by atoms with Gasteiger partial charge in [-0.3, -0.25) is 9.59 Å². The molecule has 1 aliphatic carbocycles. The van der Waals surface area contributed by atoms with E-state index in [4.69, 9.17) is 9.47 Å². The predicted molar refractivity (Wildman–Crippen MR) is 90.2 cm³/mol. The predicted octanol–water partition coefficient (Wildman–Crippen LogP) is 2.09. The molecule has 0 bridgehead atoms. The van der Waals surface area contributed by atoms with E-state index < -0.39 is 35.7 Å². The first-order valence-corrected chi connectivity index (χ1v) is 8.53. The van der Waals surface area contributed by atoms with Crippen LogP contribution in [0.15, 0.2) is 23.3 Å². The normalized spacial score (nSPS) is 19.2. The number of ether oxygens (including phenoxy) is 2. The van der Waals surface area contributed by atoms with Crippen molar-refractivity contribution in [2.24, 2.45) is 5.41 Å². The Morgan fingerprint density at radius 3 is 2.12 bits per heavy atom. The van der Waals surface area contributed by atoms with Crippen molar-refractivity contribution in [3.8, 4) is 0 Å². The molecule has 8 nitrogen and oxygen atoms in total. The molecule has 8 heteroatoms. The van der Waals surface area contributed by atoms with Crippen LogP contribution in [0.3, 0.4) is 0 Å². The van der Waals surface area contributed by atoms with Crippen molar-refractivity contribution in [2.45, 2.75) is 46.0 Å². The molecule has 0 aromatic heterocycles. The van der Waals surface area contributed by atoms with Gasteiger partial charge in [0.25, 0.3) is 0 Å². The second kappa shape index (κ2) is 9.74. The minimum atomic E-state index is -2.27. The first kappa shape index (κ1) is 21.4. The maximum Gasteiger partial charge on any atom is 0.337 e. The Hall–Kier alpha value is -2.64. The van der Waals surface area contributed by atoms with Gasteiger partial charge in [-0.1, -0.05) is 26.7 Å². The van der Waals surface area contributed by atoms with Gasteiger partial charge >= 0.3 is 23.9 Å². The van der Waals surface area contributed by atoms with Crippen molar-refractivity contribution in [1.82, 2.24) is 0 Å². The number of esters is 2. The zero-order valence-electron chi connectivity index (χ0n) is 14.9. The summed E-state index contributed by atoms with van der Waals surface area (Å²) in [5.41, 5.74) is -2.92. The summed E-state index contributed by atoms with van der Waals surface area (Å²) >= 11 is 0. The Kier molecular flexibility index (Phi) is 8.02. The number of carboxylic acid groups (broad SMARTS) is 2. The van der Waals surface area contributed by atoms with Crippen molar-refractivity contribution in [3.05, 3.63) is 23.3 Å². The first-order chi connectivity index (χ1) is 12.3. The number of hydrogen-bond donors (Lipinski definition) is 2. The molecule has 1 unspecified atom stereocenters. The second-order valence-corrected chi connectivity index (χ2v) is 6.01. The van der Waals surface area contributed by atoms with Gasteiger partial charge in [0.15, 0.2) is 5.41 Å². The Morgan fingerprint density at radius 1 is 1.04 bits per heavy atom. The number of aliphatic carboxylic acids is 2. The van der Waals surface area contributed by atoms with Crippen molar-refractivity contribution < 1.29 is 38.9 Å². The van der Waals surface area contributed by atoms with Gasteiger partial charge in [0.1, 0.15) is 0 Å². The molecule has 0 fully saturated rings. The Bertz CT molecular complexity index is 631. The van der Waals surface area contributed by atoms with Crippen LogP contribution in [0.4, 0.5) is 0 Å². The molecule has 0 aromatic carbocycles. The van der Waals surface area contributed by atoms with Gasteiger partial charge < -0.3 is 19.7 Å². The molecule has 0 amide bonds. The minimum Gasteiger partial charge on any atom is -0.480 e. The number of carbonyl (C=O) groups is 4. The maximum absolute atomic E-state index is 12.4. The summed E-state index contributed by atoms with van der Waals surface area (Å²) in [5, 5.41) is 18.9. The summed E-state index contributed by atoms with van der Waals surface area (Å²) in [7, 11) is 0. The number of carbonyl (C=O) groups excluding carboxylic acids is 2. The molecule has 1 atom stereocenters. The van der Waals surface area contributed by atoms with Crippen LogP contribution in [0.1, 0.15) is 46.0 Å². The van der Waals surface area contributed by atoms with Crippen LogP contribution in [-0.2, 0) is 28.7 Å². The second-order valence-electron chi connectivity index (χ2n) is 6.01. The Balaban J connectivity index is 3.21. The lowest BCUT2D eigenvalue weighted by molar-refractivity contribution is -0.165. The van der Waals surface area contributed by atoms with Crippen LogP contribution in [0.2, 0.25) is 0 Å². The van der Waals surface area contributed by atoms with Gasteiger partial charge in [0.05, 0.1) is 18.8 Å². The molecule has 0 aromatic rings. The maximum atomic E-state index is 12.4. The summed E-state index contributed by atoms with van der Waals surface area (Å²) in [6.07, 6.45) is 4.04. The number of rotatable bonds is 10. The average molecular weight is 368 g/mol. The molecule has 144 valence electrons. The summed E-state index contributed by atoms with van der Waals surface area (Å²) < 4.78 is 10.0. The van der Waals surface area contributed by atoms with Crippen molar-refractivity contribution in [2.75, 3.05) is 13.2 Å². The molecule has 0 spiro atoms. The molecule has 1 rings (SSSR count). The third-order valence-corrected chi connectivity index (χ3v) is 3.92. The lowest BCUT2D eigenvalue weighted by atomic mass is 9.76. The molecule has 0 aliphatic heterocycles. The highest BCUT2D eigenvalue weighted by Gasteiger charge is 2.50. The fraction of sp³-hybridized carbons (Fsp3) is 0.556. The standard InChI is InChI=1S/C18H24O8/c1-3-5-7-25-15(21)13-9-12(14(19)20)10-18(11-13,16(22)23)17(24)26-8-6-4-2/h9,11H,3-8,10H2,1-2H3,(H,19,20)(H,22,23). The van der Waals surface area contributed by atoms with Crippen LogP contribution >= 0.6 is 0 Å². The first-order valence-electron chi connectivity index (χ1n) is 8.53. The molecular weight excluding hydrogens is 344 g/mol. The Labute approximate surface area is 151 Å². The fourth-order valence-electron chi connectivity index (χ4n) is 2.34. The van der Waals surface area contributed by atoms with E-state index in [0.717, 1.165) is 25.0 Å². The molecular formula is C18H24O8. The van der Waals surface area contributed by atoms with E-state index in [1.165, 1.54) is 0 Å². The van der Waals surface area contributed by atoms with Gasteiger partial charge in [-0.15, -0.1) is 0 Å². The number of carboxylic acids is 2. The van der Waals surface area contributed by atoms with Gasteiger partial charge in [0, 0.05) is 12.0 Å². The van der Waals surface area contributed by atoms with Gasteiger partial charge in [-0.25, -0.2) is 9.59 Å². The van der Waals surface area contributed by atoms with E-state index in [2.05, 4.69) is 0 Å². The lowest BCUT2D eigenvalue weighted by Crippen LogP contribution is -2.42. The highest BCUT2D eigenvalue weighted by Crippen LogP contribution is 2.37. The van der Waals surface area contributed by atoms with Gasteiger partial charge in [-0.05, 0) is 25.0 Å². The highest BCUT2D eigenvalue weighted by atomic mass is 16.5. The van der Waals surface area contributed by atoms with E-state index >= 15 is 0 Å². The number of unbranched alkanes of at least 4 members (excludes halogenated alkanes) is 2. The minimum absolute atomic E-state index is 0.0145. The largest absolute Gasteiger partial charge is 0.480 e. The van der Waals surface area contributed by atoms with E-state index in [-0.39, 0.29) is 24.4 Å². The van der Waals surface area contributed by atoms with E-state index in [1.54, 1.807) is 0 Å². The third-order valence-electron chi connectivity index (χ3n) is 3.92. The summed E-state index contributed by atoms with van der Waals surface area (Å²) in [6.45, 7) is 3.90. The molecule has 2 N–H and O–H groups in total. The highest BCUT2D eigenvalue weighted by molar-refractivity contribution is 6.07. The van der Waals surface area contributed by atoms with Crippen molar-refractivity contribution >= 4 is 23.9 Å². The zero-order chi connectivity index (χ0) is 19.7. The monoisotopic (exact) mass is 368 g/mol. The van der Waals surface area contributed by atoms with Crippen LogP contribution < -0.4 is 0 Å². The third kappa shape index (κ3) is 5.18. The van der Waals surface area contributed by atoms with Gasteiger partial charge in [0.2, 0.25) is 0 Å². The van der Waals surface area contributed by atoms with Crippen LogP contribution in [0, 0.1) is 5.41 Å². The molecule has 0 heterocycles. The molecule has 1 aliphatic rings. The SMILES string of the molecule is CCCCOC(=O)C1=CC(C(=O)O)(C(=O)OCCCC)CC(C(=O)O)=C1. The van der Waals surface area contributed by atoms with E-state index in [1.807, 2.05) is 13.8 Å². The van der Waals surface area contributed by atoms with Crippen LogP contribution in [-0.4, -0.2) is 47.3 Å². The number of hydrogen-bond acceptors (Lipinski definition) is 6. The topological polar surface area (TPSA) is 127 Å². The molecule has 26 heavy (non-hydrogen) atoms. The smallest absolute Gasteiger partial charge is 0.337 e. The molecule has 0 saturated heterocycles. The summed E-state index contributed by atoms with van der Waals surface area (Å²) in [5.74, 6) is -4.96. The van der Waals surface area contributed by atoms with E-state index in [9.17, 15) is 29.4 Å².